The maximum atomic E-state index is 12.6. The first-order valence-corrected chi connectivity index (χ1v) is 5.07. The van der Waals surface area contributed by atoms with Crippen LogP contribution in [0.4, 0.5) is 24.7 Å². The molecule has 94 valence electrons. The summed E-state index contributed by atoms with van der Waals surface area (Å²) in [4.78, 5) is 3.82. The molecule has 0 spiro atoms. The van der Waals surface area contributed by atoms with Gasteiger partial charge in [0.25, 0.3) is 0 Å². The molecule has 4 N–H and O–H groups in total. The molecule has 1 aromatic carbocycles. The summed E-state index contributed by atoms with van der Waals surface area (Å²) < 4.78 is 37.8. The molecule has 0 atom stereocenters. The molecule has 0 aliphatic rings. The molecule has 18 heavy (non-hydrogen) atoms. The van der Waals surface area contributed by atoms with Crippen molar-refractivity contribution in [2.24, 2.45) is 0 Å². The van der Waals surface area contributed by atoms with Crippen molar-refractivity contribution in [1.29, 1.82) is 0 Å². The maximum Gasteiger partial charge on any atom is 0.416 e. The molecule has 0 unspecified atom stereocenters. The zero-order valence-corrected chi connectivity index (χ0v) is 9.20. The summed E-state index contributed by atoms with van der Waals surface area (Å²) in [5, 5.41) is 0. The fraction of sp³-hybridized carbons (Fsp3) is 0.0833. The number of nitrogens with zero attached hydrogens (tertiary/aromatic N) is 1. The number of anilines is 2. The van der Waals surface area contributed by atoms with E-state index in [4.69, 9.17) is 11.5 Å². The number of nitrogens with two attached hydrogens (primary N) is 2. The highest BCUT2D eigenvalue weighted by molar-refractivity contribution is 5.84. The molecule has 0 fully saturated rings. The minimum absolute atomic E-state index is 0.106. The van der Waals surface area contributed by atoms with E-state index in [-0.39, 0.29) is 5.82 Å². The third kappa shape index (κ3) is 2.22. The van der Waals surface area contributed by atoms with Gasteiger partial charge in [-0.1, -0.05) is 12.1 Å². The molecule has 2 rings (SSSR count). The van der Waals surface area contributed by atoms with Gasteiger partial charge in [-0.05, 0) is 23.8 Å². The summed E-state index contributed by atoms with van der Waals surface area (Å²) in [6, 6.07) is 6.31. The number of alkyl halides is 3. The highest BCUT2D eigenvalue weighted by Gasteiger charge is 2.30. The molecule has 0 saturated carbocycles. The minimum atomic E-state index is -4.40. The van der Waals surface area contributed by atoms with Gasteiger partial charge >= 0.3 is 6.18 Å². The van der Waals surface area contributed by atoms with E-state index < -0.39 is 11.7 Å². The van der Waals surface area contributed by atoms with Crippen molar-refractivity contribution in [3.63, 3.8) is 0 Å². The van der Waals surface area contributed by atoms with Gasteiger partial charge in [-0.3, -0.25) is 0 Å². The number of benzene rings is 1. The smallest absolute Gasteiger partial charge is 0.398 e. The van der Waals surface area contributed by atoms with Crippen LogP contribution in [-0.4, -0.2) is 4.98 Å². The van der Waals surface area contributed by atoms with Gasteiger partial charge in [0.15, 0.2) is 0 Å². The zero-order valence-electron chi connectivity index (χ0n) is 9.20. The van der Waals surface area contributed by atoms with Gasteiger partial charge in [-0.2, -0.15) is 13.2 Å². The Labute approximate surface area is 101 Å². The lowest BCUT2D eigenvalue weighted by Crippen LogP contribution is -2.05. The van der Waals surface area contributed by atoms with Gasteiger partial charge < -0.3 is 11.5 Å². The highest BCUT2D eigenvalue weighted by atomic mass is 19.4. The Bertz CT molecular complexity index is 559. The molecule has 1 heterocycles. The second-order valence-electron chi connectivity index (χ2n) is 3.74. The second kappa shape index (κ2) is 4.21. The van der Waals surface area contributed by atoms with Crippen LogP contribution in [0.2, 0.25) is 0 Å². The van der Waals surface area contributed by atoms with Crippen LogP contribution in [0.5, 0.6) is 0 Å². The van der Waals surface area contributed by atoms with Crippen molar-refractivity contribution in [2.75, 3.05) is 11.5 Å². The van der Waals surface area contributed by atoms with E-state index in [1.807, 2.05) is 0 Å². The van der Waals surface area contributed by atoms with Gasteiger partial charge in [0.1, 0.15) is 5.82 Å². The number of rotatable bonds is 1. The molecule has 0 saturated heterocycles. The number of hydrogen-bond donors (Lipinski definition) is 2. The lowest BCUT2D eigenvalue weighted by Gasteiger charge is -2.11. The number of pyridine rings is 1. The Kier molecular flexibility index (Phi) is 2.86. The summed E-state index contributed by atoms with van der Waals surface area (Å²) in [6.45, 7) is 0. The molecule has 0 bridgehead atoms. The lowest BCUT2D eigenvalue weighted by molar-refractivity contribution is -0.137. The van der Waals surface area contributed by atoms with Crippen LogP contribution in [0.15, 0.2) is 36.5 Å². The Morgan fingerprint density at radius 3 is 2.39 bits per heavy atom. The molecule has 0 radical (unpaired) electrons. The third-order valence-electron chi connectivity index (χ3n) is 2.49. The molecule has 3 nitrogen and oxygen atoms in total. The number of nitrogen functional groups attached to an aromatic ring is 2. The van der Waals surface area contributed by atoms with Gasteiger partial charge in [-0.15, -0.1) is 0 Å². The van der Waals surface area contributed by atoms with Crippen molar-refractivity contribution in [3.8, 4) is 11.1 Å². The molecule has 0 aliphatic carbocycles. The van der Waals surface area contributed by atoms with Crippen LogP contribution < -0.4 is 11.5 Å². The monoisotopic (exact) mass is 253 g/mol. The predicted molar refractivity (Wildman–Crippen MR) is 63.5 cm³/mol. The van der Waals surface area contributed by atoms with Crippen molar-refractivity contribution in [3.05, 3.63) is 42.1 Å². The first-order valence-electron chi connectivity index (χ1n) is 5.07. The molecule has 2 aromatic rings. The molecular formula is C12H10F3N3. The van der Waals surface area contributed by atoms with Crippen molar-refractivity contribution >= 4 is 11.5 Å². The number of hydrogen-bond acceptors (Lipinski definition) is 3. The van der Waals surface area contributed by atoms with Crippen molar-refractivity contribution in [1.82, 2.24) is 4.98 Å². The molecule has 0 amide bonds. The van der Waals surface area contributed by atoms with Crippen molar-refractivity contribution < 1.29 is 13.2 Å². The number of aromatic nitrogens is 1. The Hall–Kier alpha value is -2.24. The lowest BCUT2D eigenvalue weighted by atomic mass is 10.0. The third-order valence-corrected chi connectivity index (χ3v) is 2.49. The summed E-state index contributed by atoms with van der Waals surface area (Å²) in [6.07, 6.45) is -3.00. The fourth-order valence-corrected chi connectivity index (χ4v) is 1.66. The molecule has 1 aromatic heterocycles. The highest BCUT2D eigenvalue weighted by Crippen LogP contribution is 2.35. The second-order valence-corrected chi connectivity index (χ2v) is 3.74. The van der Waals surface area contributed by atoms with E-state index >= 15 is 0 Å². The van der Waals surface area contributed by atoms with Crippen LogP contribution in [0, 0.1) is 0 Å². The Morgan fingerprint density at radius 2 is 1.78 bits per heavy atom. The zero-order chi connectivity index (χ0) is 13.3. The SMILES string of the molecule is Nc1ccnc(N)c1-c1cccc(C(F)(F)F)c1. The fourth-order valence-electron chi connectivity index (χ4n) is 1.66. The van der Waals surface area contributed by atoms with E-state index in [2.05, 4.69) is 4.98 Å². The van der Waals surface area contributed by atoms with Crippen LogP contribution in [-0.2, 0) is 6.18 Å². The first kappa shape index (κ1) is 12.2. The molecular weight excluding hydrogens is 243 g/mol. The van der Waals surface area contributed by atoms with Gasteiger partial charge in [-0.25, -0.2) is 4.98 Å². The van der Waals surface area contributed by atoms with Gasteiger partial charge in [0.05, 0.1) is 5.56 Å². The molecule has 0 aliphatic heterocycles. The van der Waals surface area contributed by atoms with Crippen LogP contribution >= 0.6 is 0 Å². The summed E-state index contributed by atoms with van der Waals surface area (Å²) >= 11 is 0. The minimum Gasteiger partial charge on any atom is -0.398 e. The van der Waals surface area contributed by atoms with E-state index in [0.29, 0.717) is 16.8 Å². The topological polar surface area (TPSA) is 64.9 Å². The predicted octanol–water partition coefficient (Wildman–Crippen LogP) is 2.93. The maximum absolute atomic E-state index is 12.6. The average molecular weight is 253 g/mol. The normalized spacial score (nSPS) is 11.5. The summed E-state index contributed by atoms with van der Waals surface area (Å²) in [5.74, 6) is 0.106. The Morgan fingerprint density at radius 1 is 1.06 bits per heavy atom. The Balaban J connectivity index is 2.59. The van der Waals surface area contributed by atoms with Gasteiger partial charge in [0, 0.05) is 17.4 Å². The summed E-state index contributed by atoms with van der Waals surface area (Å²) in [7, 11) is 0. The van der Waals surface area contributed by atoms with Crippen LogP contribution in [0.3, 0.4) is 0 Å². The summed E-state index contributed by atoms with van der Waals surface area (Å²) in [5.41, 5.74) is 11.5. The van der Waals surface area contributed by atoms with E-state index in [1.54, 1.807) is 0 Å². The average Bonchev–Trinajstić information content (AvgIpc) is 2.28. The van der Waals surface area contributed by atoms with Crippen LogP contribution in [0.25, 0.3) is 11.1 Å². The first-order chi connectivity index (χ1) is 8.39. The number of halogens is 3. The molecule has 6 heteroatoms. The van der Waals surface area contributed by atoms with E-state index in [0.717, 1.165) is 12.1 Å². The largest absolute Gasteiger partial charge is 0.416 e. The van der Waals surface area contributed by atoms with Crippen LogP contribution in [0.1, 0.15) is 5.56 Å². The van der Waals surface area contributed by atoms with E-state index in [9.17, 15) is 13.2 Å². The van der Waals surface area contributed by atoms with E-state index in [1.165, 1.54) is 24.4 Å². The van der Waals surface area contributed by atoms with Crippen molar-refractivity contribution in [2.45, 2.75) is 6.18 Å². The van der Waals surface area contributed by atoms with Gasteiger partial charge in [0.2, 0.25) is 0 Å². The quantitative estimate of drug-likeness (QED) is 0.821. The standard InChI is InChI=1S/C12H10F3N3/c13-12(14,15)8-3-1-2-7(6-8)10-9(16)4-5-18-11(10)17/h1-6H,(H4,16,17,18).